The summed E-state index contributed by atoms with van der Waals surface area (Å²) in [5.74, 6) is 0.183. The van der Waals surface area contributed by atoms with Crippen molar-refractivity contribution in [3.8, 4) is 0 Å². The van der Waals surface area contributed by atoms with Gasteiger partial charge in [0.05, 0.1) is 5.69 Å². The molecule has 0 aliphatic carbocycles. The maximum absolute atomic E-state index is 13.7. The van der Waals surface area contributed by atoms with Gasteiger partial charge in [-0.05, 0) is 37.6 Å². The Morgan fingerprint density at radius 2 is 1.84 bits per heavy atom. The van der Waals surface area contributed by atoms with Crippen molar-refractivity contribution in [2.45, 2.75) is 13.8 Å². The molecule has 0 aliphatic heterocycles. The molecule has 0 saturated heterocycles. The van der Waals surface area contributed by atoms with Gasteiger partial charge in [-0.2, -0.15) is 0 Å². The molecule has 0 spiro atoms. The van der Waals surface area contributed by atoms with Crippen LogP contribution in [0.5, 0.6) is 0 Å². The second-order valence-corrected chi connectivity index (χ2v) is 4.14. The molecule has 0 saturated carbocycles. The predicted octanol–water partition coefficient (Wildman–Crippen LogP) is 3.84. The van der Waals surface area contributed by atoms with E-state index >= 15 is 0 Å². The first kappa shape index (κ1) is 13.3. The molecule has 0 amide bonds. The van der Waals surface area contributed by atoms with Crippen molar-refractivity contribution < 1.29 is 8.78 Å². The average molecular weight is 263 g/mol. The fourth-order valence-electron chi connectivity index (χ4n) is 1.66. The summed E-state index contributed by atoms with van der Waals surface area (Å²) in [5, 5.41) is 5.82. The molecule has 3 nitrogen and oxygen atoms in total. The molecule has 1 heterocycles. The van der Waals surface area contributed by atoms with Gasteiger partial charge in [0.15, 0.2) is 0 Å². The topological polar surface area (TPSA) is 37.0 Å². The highest BCUT2D eigenvalue weighted by atomic mass is 19.1. The Balaban J connectivity index is 2.25. The minimum absolute atomic E-state index is 0.0734. The number of nitrogens with zero attached hydrogens (tertiary/aromatic N) is 1. The van der Waals surface area contributed by atoms with E-state index in [1.807, 2.05) is 6.92 Å². The predicted molar refractivity (Wildman–Crippen MR) is 72.8 cm³/mol. The summed E-state index contributed by atoms with van der Waals surface area (Å²) in [7, 11) is 0. The Hall–Kier alpha value is -2.17. The van der Waals surface area contributed by atoms with Crippen LogP contribution in [-0.2, 0) is 0 Å². The second-order valence-electron chi connectivity index (χ2n) is 4.14. The van der Waals surface area contributed by atoms with Crippen LogP contribution in [-0.4, -0.2) is 11.5 Å². The van der Waals surface area contributed by atoms with E-state index in [1.54, 1.807) is 18.2 Å². The van der Waals surface area contributed by atoms with E-state index in [4.69, 9.17) is 0 Å². The number of hydrogen-bond donors (Lipinski definition) is 2. The molecule has 2 rings (SSSR count). The zero-order valence-electron chi connectivity index (χ0n) is 10.8. The highest BCUT2D eigenvalue weighted by molar-refractivity contribution is 5.59. The molecular weight excluding hydrogens is 248 g/mol. The number of nitrogens with one attached hydrogen (secondary N) is 2. The number of aromatic nitrogens is 1. The summed E-state index contributed by atoms with van der Waals surface area (Å²) < 4.78 is 27.1. The first-order valence-corrected chi connectivity index (χ1v) is 6.03. The van der Waals surface area contributed by atoms with E-state index in [0.29, 0.717) is 11.6 Å². The van der Waals surface area contributed by atoms with E-state index in [9.17, 15) is 8.78 Å². The van der Waals surface area contributed by atoms with Crippen molar-refractivity contribution in [1.82, 2.24) is 4.98 Å². The standard InChI is InChI=1S/C14H15F2N3/c1-3-17-13-5-4-6-14(19-13)18-12-8-10(15)9(2)7-11(12)16/h4-8H,3H2,1-2H3,(H2,17,18,19). The number of anilines is 3. The SMILES string of the molecule is CCNc1cccc(Nc2cc(F)c(C)cc2F)n1. The van der Waals surface area contributed by atoms with Gasteiger partial charge in [-0.15, -0.1) is 0 Å². The molecule has 0 aliphatic rings. The zero-order valence-corrected chi connectivity index (χ0v) is 10.8. The summed E-state index contributed by atoms with van der Waals surface area (Å²) in [6.45, 7) is 4.22. The quantitative estimate of drug-likeness (QED) is 0.880. The van der Waals surface area contributed by atoms with E-state index in [-0.39, 0.29) is 11.3 Å². The average Bonchev–Trinajstić information content (AvgIpc) is 2.37. The Kier molecular flexibility index (Phi) is 3.94. The minimum atomic E-state index is -0.505. The number of rotatable bonds is 4. The Morgan fingerprint density at radius 1 is 1.11 bits per heavy atom. The van der Waals surface area contributed by atoms with Crippen LogP contribution >= 0.6 is 0 Å². The van der Waals surface area contributed by atoms with Gasteiger partial charge in [0.1, 0.15) is 23.3 Å². The van der Waals surface area contributed by atoms with Crippen LogP contribution in [0.4, 0.5) is 26.1 Å². The second kappa shape index (κ2) is 5.65. The third kappa shape index (κ3) is 3.19. The van der Waals surface area contributed by atoms with Crippen molar-refractivity contribution >= 4 is 17.3 Å². The molecule has 2 aromatic rings. The maximum atomic E-state index is 13.7. The number of hydrogen-bond acceptors (Lipinski definition) is 3. The maximum Gasteiger partial charge on any atom is 0.147 e. The minimum Gasteiger partial charge on any atom is -0.370 e. The van der Waals surface area contributed by atoms with Crippen molar-refractivity contribution in [3.63, 3.8) is 0 Å². The van der Waals surface area contributed by atoms with Crippen molar-refractivity contribution in [2.75, 3.05) is 17.2 Å². The van der Waals surface area contributed by atoms with Crippen LogP contribution < -0.4 is 10.6 Å². The van der Waals surface area contributed by atoms with Crippen molar-refractivity contribution in [3.05, 3.63) is 47.5 Å². The van der Waals surface area contributed by atoms with Gasteiger partial charge in [0.2, 0.25) is 0 Å². The monoisotopic (exact) mass is 263 g/mol. The lowest BCUT2D eigenvalue weighted by atomic mass is 10.2. The first-order chi connectivity index (χ1) is 9.10. The molecule has 1 aromatic heterocycles. The summed E-state index contributed by atoms with van der Waals surface area (Å²) >= 11 is 0. The molecule has 0 unspecified atom stereocenters. The largest absolute Gasteiger partial charge is 0.370 e. The van der Waals surface area contributed by atoms with Gasteiger partial charge in [0.25, 0.3) is 0 Å². The summed E-state index contributed by atoms with van der Waals surface area (Å²) in [4.78, 5) is 4.24. The van der Waals surface area contributed by atoms with Crippen LogP contribution in [0.1, 0.15) is 12.5 Å². The van der Waals surface area contributed by atoms with Gasteiger partial charge >= 0.3 is 0 Å². The molecule has 19 heavy (non-hydrogen) atoms. The lowest BCUT2D eigenvalue weighted by molar-refractivity contribution is 0.595. The van der Waals surface area contributed by atoms with Crippen LogP contribution in [0.3, 0.4) is 0 Å². The first-order valence-electron chi connectivity index (χ1n) is 6.03. The molecule has 0 radical (unpaired) electrons. The van der Waals surface area contributed by atoms with Crippen molar-refractivity contribution in [1.29, 1.82) is 0 Å². The fourth-order valence-corrected chi connectivity index (χ4v) is 1.66. The van der Waals surface area contributed by atoms with Crippen LogP contribution in [0.25, 0.3) is 0 Å². The molecule has 100 valence electrons. The van der Waals surface area contributed by atoms with Crippen LogP contribution in [0, 0.1) is 18.6 Å². The highest BCUT2D eigenvalue weighted by Crippen LogP contribution is 2.22. The van der Waals surface area contributed by atoms with Gasteiger partial charge in [-0.25, -0.2) is 13.8 Å². The van der Waals surface area contributed by atoms with Crippen molar-refractivity contribution in [2.24, 2.45) is 0 Å². The Morgan fingerprint density at radius 3 is 2.58 bits per heavy atom. The summed E-state index contributed by atoms with van der Waals surface area (Å²) in [5.41, 5.74) is 0.349. The number of benzene rings is 1. The molecule has 0 fully saturated rings. The molecule has 0 bridgehead atoms. The van der Waals surface area contributed by atoms with Gasteiger partial charge in [-0.1, -0.05) is 6.07 Å². The highest BCUT2D eigenvalue weighted by Gasteiger charge is 2.08. The van der Waals surface area contributed by atoms with Gasteiger partial charge in [0, 0.05) is 12.6 Å². The van der Waals surface area contributed by atoms with Crippen LogP contribution in [0.2, 0.25) is 0 Å². The van der Waals surface area contributed by atoms with E-state index < -0.39 is 11.6 Å². The smallest absolute Gasteiger partial charge is 0.147 e. The Labute approximate surface area is 110 Å². The lowest BCUT2D eigenvalue weighted by Crippen LogP contribution is -2.02. The molecule has 0 atom stereocenters. The van der Waals surface area contributed by atoms with E-state index in [0.717, 1.165) is 18.7 Å². The van der Waals surface area contributed by atoms with E-state index in [1.165, 1.54) is 6.92 Å². The number of halogens is 2. The van der Waals surface area contributed by atoms with Gasteiger partial charge < -0.3 is 10.6 Å². The number of pyridine rings is 1. The fraction of sp³-hybridized carbons (Fsp3) is 0.214. The summed E-state index contributed by atoms with van der Waals surface area (Å²) in [6.07, 6.45) is 0. The van der Waals surface area contributed by atoms with Crippen LogP contribution in [0.15, 0.2) is 30.3 Å². The normalized spacial score (nSPS) is 10.3. The molecule has 5 heteroatoms. The van der Waals surface area contributed by atoms with E-state index in [2.05, 4.69) is 15.6 Å². The van der Waals surface area contributed by atoms with Gasteiger partial charge in [-0.3, -0.25) is 0 Å². The molecule has 2 N–H and O–H groups in total. The molecule has 1 aromatic carbocycles. The third-order valence-corrected chi connectivity index (χ3v) is 2.62. The molecular formula is C14H15F2N3. The third-order valence-electron chi connectivity index (χ3n) is 2.62. The Bertz CT molecular complexity index is 585. The number of aryl methyl sites for hydroxylation is 1. The zero-order chi connectivity index (χ0) is 13.8. The lowest BCUT2D eigenvalue weighted by Gasteiger charge is -2.10. The summed E-state index contributed by atoms with van der Waals surface area (Å²) in [6, 6.07) is 7.58.